The number of sulfone groups is 1. The number of anilines is 1. The molecule has 0 saturated carbocycles. The van der Waals surface area contributed by atoms with Crippen LogP contribution in [-0.2, 0) is 9.84 Å². The number of rotatable bonds is 8. The number of nitrogens with one attached hydrogen (secondary N) is 1. The highest BCUT2D eigenvalue weighted by Crippen LogP contribution is 2.30. The third-order valence-electron chi connectivity index (χ3n) is 2.43. The summed E-state index contributed by atoms with van der Waals surface area (Å²) in [4.78, 5) is 18.7. The van der Waals surface area contributed by atoms with Gasteiger partial charge in [-0.05, 0) is 13.3 Å². The van der Waals surface area contributed by atoms with E-state index in [2.05, 4.69) is 15.3 Å². The molecular formula is C11H18N4O4S2. The fraction of sp³-hybridized carbons (Fsp3) is 0.636. The summed E-state index contributed by atoms with van der Waals surface area (Å²) in [6, 6.07) is 0. The van der Waals surface area contributed by atoms with E-state index in [1.165, 1.54) is 6.92 Å². The van der Waals surface area contributed by atoms with Gasteiger partial charge < -0.3 is 5.32 Å². The van der Waals surface area contributed by atoms with Gasteiger partial charge in [-0.2, -0.15) is 4.98 Å². The number of thioether (sulfide) groups is 1. The molecule has 10 heteroatoms. The Balaban J connectivity index is 3.01. The largest absolute Gasteiger partial charge is 0.354 e. The van der Waals surface area contributed by atoms with Crippen LogP contribution in [0.15, 0.2) is 5.03 Å². The third-order valence-corrected chi connectivity index (χ3v) is 4.61. The lowest BCUT2D eigenvalue weighted by atomic mass is 10.4. The first-order valence-electron chi connectivity index (χ1n) is 6.32. The first-order valence-corrected chi connectivity index (χ1v) is 9.36. The average Bonchev–Trinajstić information content (AvgIpc) is 2.33. The molecule has 0 amide bonds. The van der Waals surface area contributed by atoms with Gasteiger partial charge in [0.2, 0.25) is 5.95 Å². The van der Waals surface area contributed by atoms with Crippen molar-refractivity contribution < 1.29 is 13.3 Å². The molecule has 0 aliphatic heterocycles. The van der Waals surface area contributed by atoms with Crippen molar-refractivity contribution in [2.75, 3.05) is 29.6 Å². The second-order valence-corrected chi connectivity index (χ2v) is 7.79. The number of hydrogen-bond donors (Lipinski definition) is 1. The molecule has 0 unspecified atom stereocenters. The number of nitrogens with zero attached hydrogens (tertiary/aromatic N) is 3. The molecule has 0 radical (unpaired) electrons. The molecule has 0 aliphatic rings. The predicted molar refractivity (Wildman–Crippen MR) is 82.6 cm³/mol. The zero-order valence-corrected chi connectivity index (χ0v) is 13.8. The van der Waals surface area contributed by atoms with Crippen molar-refractivity contribution in [3.8, 4) is 0 Å². The first kappa shape index (κ1) is 17.6. The van der Waals surface area contributed by atoms with Gasteiger partial charge in [0.05, 0.1) is 10.7 Å². The molecule has 0 atom stereocenters. The van der Waals surface area contributed by atoms with Crippen LogP contribution in [0.4, 0.5) is 11.6 Å². The molecule has 0 saturated heterocycles. The van der Waals surface area contributed by atoms with E-state index in [1.54, 1.807) is 0 Å². The monoisotopic (exact) mass is 334 g/mol. The molecule has 1 N–H and O–H groups in total. The van der Waals surface area contributed by atoms with Gasteiger partial charge in [0.25, 0.3) is 0 Å². The zero-order chi connectivity index (χ0) is 16.0. The molecule has 1 rings (SSSR count). The van der Waals surface area contributed by atoms with Crippen LogP contribution >= 0.6 is 11.8 Å². The summed E-state index contributed by atoms with van der Waals surface area (Å²) < 4.78 is 22.2. The van der Waals surface area contributed by atoms with Crippen molar-refractivity contribution in [2.45, 2.75) is 25.3 Å². The topological polar surface area (TPSA) is 115 Å². The van der Waals surface area contributed by atoms with Crippen molar-refractivity contribution in [1.82, 2.24) is 9.97 Å². The summed E-state index contributed by atoms with van der Waals surface area (Å²) in [6.45, 7) is 4.18. The van der Waals surface area contributed by atoms with E-state index in [0.29, 0.717) is 12.5 Å². The Morgan fingerprint density at radius 3 is 2.57 bits per heavy atom. The van der Waals surface area contributed by atoms with E-state index in [-0.39, 0.29) is 27.9 Å². The van der Waals surface area contributed by atoms with Gasteiger partial charge >= 0.3 is 5.69 Å². The minimum Gasteiger partial charge on any atom is -0.354 e. The number of hydrogen-bond acceptors (Lipinski definition) is 8. The van der Waals surface area contributed by atoms with Gasteiger partial charge in [-0.1, -0.05) is 18.7 Å². The molecular weight excluding hydrogens is 316 g/mol. The summed E-state index contributed by atoms with van der Waals surface area (Å²) in [5, 5.41) is 14.3. The van der Waals surface area contributed by atoms with Crippen LogP contribution in [0.2, 0.25) is 0 Å². The fourth-order valence-corrected chi connectivity index (χ4v) is 3.70. The molecule has 0 fully saturated rings. The second-order valence-electron chi connectivity index (χ2n) is 4.45. The minimum atomic E-state index is -3.11. The van der Waals surface area contributed by atoms with Gasteiger partial charge in [-0.15, -0.1) is 0 Å². The van der Waals surface area contributed by atoms with Crippen LogP contribution in [0.5, 0.6) is 0 Å². The number of nitro groups is 1. The number of aryl methyl sites for hydroxylation is 1. The Morgan fingerprint density at radius 2 is 2.05 bits per heavy atom. The molecule has 0 bridgehead atoms. The van der Waals surface area contributed by atoms with E-state index in [1.807, 2.05) is 6.92 Å². The Labute approximate surface area is 127 Å². The van der Waals surface area contributed by atoms with Crippen LogP contribution in [0.25, 0.3) is 0 Å². The van der Waals surface area contributed by atoms with Gasteiger partial charge in [-0.25, -0.2) is 13.4 Å². The maximum absolute atomic E-state index is 11.1. The average molecular weight is 334 g/mol. The Hall–Kier alpha value is -1.42. The lowest BCUT2D eigenvalue weighted by Gasteiger charge is -2.08. The molecule has 118 valence electrons. The Morgan fingerprint density at radius 1 is 1.38 bits per heavy atom. The van der Waals surface area contributed by atoms with Crippen LogP contribution in [0.3, 0.4) is 0 Å². The maximum atomic E-state index is 11.1. The van der Waals surface area contributed by atoms with Crippen molar-refractivity contribution >= 4 is 33.2 Å². The van der Waals surface area contributed by atoms with Crippen LogP contribution in [-0.4, -0.2) is 47.6 Å². The van der Waals surface area contributed by atoms with E-state index >= 15 is 0 Å². The fourth-order valence-electron chi connectivity index (χ4n) is 1.46. The highest BCUT2D eigenvalue weighted by molar-refractivity contribution is 8.00. The zero-order valence-electron chi connectivity index (χ0n) is 12.1. The van der Waals surface area contributed by atoms with Gasteiger partial charge in [0.15, 0.2) is 5.03 Å². The van der Waals surface area contributed by atoms with Gasteiger partial charge in [0.1, 0.15) is 15.5 Å². The van der Waals surface area contributed by atoms with Crippen LogP contribution in [0, 0.1) is 17.0 Å². The van der Waals surface area contributed by atoms with Crippen LogP contribution < -0.4 is 5.32 Å². The van der Waals surface area contributed by atoms with E-state index in [0.717, 1.165) is 24.4 Å². The molecule has 0 aliphatic carbocycles. The quantitative estimate of drug-likeness (QED) is 0.330. The maximum Gasteiger partial charge on any atom is 0.322 e. The smallest absolute Gasteiger partial charge is 0.322 e. The predicted octanol–water partition coefficient (Wildman–Crippen LogP) is 1.65. The van der Waals surface area contributed by atoms with E-state index in [4.69, 9.17) is 0 Å². The SMILES string of the molecule is CCCNc1nc(C)c([N+](=O)[O-])c(SCCS(C)(=O)=O)n1. The van der Waals surface area contributed by atoms with E-state index in [9.17, 15) is 18.5 Å². The summed E-state index contributed by atoms with van der Waals surface area (Å²) in [7, 11) is -3.11. The van der Waals surface area contributed by atoms with Crippen LogP contribution in [0.1, 0.15) is 19.0 Å². The molecule has 21 heavy (non-hydrogen) atoms. The first-order chi connectivity index (χ1) is 9.74. The molecule has 1 aromatic heterocycles. The van der Waals surface area contributed by atoms with Gasteiger partial charge in [0, 0.05) is 18.6 Å². The molecule has 8 nitrogen and oxygen atoms in total. The lowest BCUT2D eigenvalue weighted by Crippen LogP contribution is -2.09. The van der Waals surface area contributed by atoms with Crippen molar-refractivity contribution in [3.63, 3.8) is 0 Å². The molecule has 0 aromatic carbocycles. The Kier molecular flexibility index (Phi) is 6.34. The highest BCUT2D eigenvalue weighted by Gasteiger charge is 2.22. The van der Waals surface area contributed by atoms with Gasteiger partial charge in [-0.3, -0.25) is 10.1 Å². The summed E-state index contributed by atoms with van der Waals surface area (Å²) in [6.07, 6.45) is 2.00. The molecule has 0 spiro atoms. The second kappa shape index (κ2) is 7.55. The summed E-state index contributed by atoms with van der Waals surface area (Å²) in [5.41, 5.74) is 0.0889. The van der Waals surface area contributed by atoms with Crippen molar-refractivity contribution in [1.29, 1.82) is 0 Å². The Bertz CT molecular complexity index is 619. The minimum absolute atomic E-state index is 0.0599. The molecule has 1 aromatic rings. The summed E-state index contributed by atoms with van der Waals surface area (Å²) in [5.74, 6) is 0.473. The third kappa shape index (κ3) is 5.84. The molecule has 1 heterocycles. The number of aromatic nitrogens is 2. The standard InChI is InChI=1S/C11H18N4O4S2/c1-4-5-12-11-13-8(2)9(15(16)17)10(14-11)20-6-7-21(3,18)19/h4-7H2,1-3H3,(H,12,13,14). The summed E-state index contributed by atoms with van der Waals surface area (Å²) >= 11 is 1.05. The normalized spacial score (nSPS) is 11.4. The van der Waals surface area contributed by atoms with Crippen molar-refractivity contribution in [3.05, 3.63) is 15.8 Å². The van der Waals surface area contributed by atoms with E-state index < -0.39 is 14.8 Å². The lowest BCUT2D eigenvalue weighted by molar-refractivity contribution is -0.389. The van der Waals surface area contributed by atoms with Crippen molar-refractivity contribution in [2.24, 2.45) is 0 Å². The highest BCUT2D eigenvalue weighted by atomic mass is 32.2.